The second kappa shape index (κ2) is 6.41. The Labute approximate surface area is 133 Å². The van der Waals surface area contributed by atoms with Gasteiger partial charge in [-0.1, -0.05) is 6.92 Å². The molecule has 2 N–H and O–H groups in total. The lowest BCUT2D eigenvalue weighted by molar-refractivity contribution is -0.176. The first kappa shape index (κ1) is 18.1. The fourth-order valence-electron chi connectivity index (χ4n) is 2.36. The van der Waals surface area contributed by atoms with Gasteiger partial charge >= 0.3 is 11.9 Å². The van der Waals surface area contributed by atoms with E-state index in [1.54, 1.807) is 6.92 Å². The van der Waals surface area contributed by atoms with E-state index in [1.165, 1.54) is 16.7 Å². The van der Waals surface area contributed by atoms with Crippen LogP contribution in [0.25, 0.3) is 0 Å². The number of hydrogen-bond donors (Lipinski definition) is 1. The van der Waals surface area contributed by atoms with Gasteiger partial charge in [-0.2, -0.15) is 0 Å². The van der Waals surface area contributed by atoms with Crippen molar-refractivity contribution < 1.29 is 23.9 Å². The molecule has 3 atom stereocenters. The van der Waals surface area contributed by atoms with Crippen LogP contribution < -0.4 is 5.73 Å². The maximum absolute atomic E-state index is 12.1. The number of carbonyl (C=O) groups excluding carboxylic acids is 3. The van der Waals surface area contributed by atoms with Gasteiger partial charge in [-0.3, -0.25) is 9.59 Å². The van der Waals surface area contributed by atoms with Crippen LogP contribution in [0.2, 0.25) is 0 Å². The van der Waals surface area contributed by atoms with Crippen molar-refractivity contribution in [2.75, 3.05) is 6.79 Å². The largest absolute Gasteiger partial charge is 0.428 e. The molecule has 2 heterocycles. The zero-order valence-electron chi connectivity index (χ0n) is 12.0. The van der Waals surface area contributed by atoms with Crippen LogP contribution in [-0.2, 0) is 23.9 Å². The molecule has 2 aliphatic heterocycles. The van der Waals surface area contributed by atoms with Gasteiger partial charge in [0.1, 0.15) is 17.5 Å². The van der Waals surface area contributed by atoms with Gasteiger partial charge in [-0.15, -0.1) is 24.2 Å². The monoisotopic (exact) mass is 338 g/mol. The predicted molar refractivity (Wildman–Crippen MR) is 78.7 cm³/mol. The van der Waals surface area contributed by atoms with Gasteiger partial charge in [0.25, 0.3) is 0 Å². The number of rotatable bonds is 4. The molecule has 0 unspecified atom stereocenters. The van der Waals surface area contributed by atoms with Crippen LogP contribution in [0.15, 0.2) is 0 Å². The third-order valence-corrected chi connectivity index (χ3v) is 5.01. The zero-order valence-corrected chi connectivity index (χ0v) is 13.7. The summed E-state index contributed by atoms with van der Waals surface area (Å²) in [7, 11) is 0. The number of carbonyl (C=O) groups is 3. The quantitative estimate of drug-likeness (QED) is 0.445. The Morgan fingerprint density at radius 2 is 2.00 bits per heavy atom. The number of nitrogens with two attached hydrogens (primary N) is 1. The van der Waals surface area contributed by atoms with Crippen LogP contribution >= 0.6 is 24.2 Å². The van der Waals surface area contributed by atoms with Gasteiger partial charge in [-0.05, 0) is 13.8 Å². The molecule has 21 heavy (non-hydrogen) atoms. The molecule has 0 aromatic rings. The van der Waals surface area contributed by atoms with E-state index in [0.29, 0.717) is 0 Å². The summed E-state index contributed by atoms with van der Waals surface area (Å²) >= 11 is 1.48. The summed E-state index contributed by atoms with van der Waals surface area (Å²) in [5.41, 5.74) is 5.72. The second-order valence-corrected chi connectivity index (χ2v) is 7.01. The van der Waals surface area contributed by atoms with E-state index >= 15 is 0 Å². The number of ether oxygens (including phenoxy) is 2. The van der Waals surface area contributed by atoms with E-state index in [4.69, 9.17) is 15.2 Å². The summed E-state index contributed by atoms with van der Waals surface area (Å²) in [4.78, 5) is 36.3. The van der Waals surface area contributed by atoms with Crippen LogP contribution in [0.1, 0.15) is 27.2 Å². The molecule has 9 heteroatoms. The normalized spacial score (nSPS) is 29.0. The zero-order chi connectivity index (χ0) is 15.1. The molecule has 0 saturated carbocycles. The molecule has 2 fully saturated rings. The highest BCUT2D eigenvalue weighted by Gasteiger charge is 2.63. The molecular weight excluding hydrogens is 320 g/mol. The minimum atomic E-state index is -0.704. The van der Waals surface area contributed by atoms with E-state index < -0.39 is 35.6 Å². The van der Waals surface area contributed by atoms with Crippen LogP contribution in [0.4, 0.5) is 0 Å². The molecule has 0 aliphatic carbocycles. The van der Waals surface area contributed by atoms with E-state index in [0.717, 1.165) is 0 Å². The summed E-state index contributed by atoms with van der Waals surface area (Å²) < 4.78 is 9.16. The highest BCUT2D eigenvalue weighted by atomic mass is 35.5. The number of nitrogens with zero attached hydrogens (tertiary/aromatic N) is 1. The van der Waals surface area contributed by atoms with Crippen molar-refractivity contribution in [3.63, 3.8) is 0 Å². The van der Waals surface area contributed by atoms with Gasteiger partial charge in [0.2, 0.25) is 12.7 Å². The third kappa shape index (κ3) is 3.12. The molecular formula is C12H19ClN2O5S. The standard InChI is InChI=1S/C12H18N2O5S.ClH/c1-4-6(15)18-5-19-11(17)8-12(2,3)20-10-7(13)9(16)14(8)10;/h7-8,10H,4-5,13H2,1-3H3;1H/t7-,8+,10-;/m1./s1. The van der Waals surface area contributed by atoms with Crippen molar-refractivity contribution >= 4 is 42.0 Å². The summed E-state index contributed by atoms with van der Waals surface area (Å²) in [6, 6.07) is -1.26. The number of fused-ring (bicyclic) bond motifs is 1. The topological polar surface area (TPSA) is 98.9 Å². The lowest BCUT2D eigenvalue weighted by atomic mass is 9.96. The molecule has 0 aromatic heterocycles. The summed E-state index contributed by atoms with van der Waals surface area (Å²) in [5, 5.41) is -0.187. The van der Waals surface area contributed by atoms with Gasteiger partial charge in [0.05, 0.1) is 0 Å². The fraction of sp³-hybridized carbons (Fsp3) is 0.750. The van der Waals surface area contributed by atoms with Crippen molar-refractivity contribution in [3.05, 3.63) is 0 Å². The average Bonchev–Trinajstić information content (AvgIpc) is 2.66. The molecule has 120 valence electrons. The number of amides is 1. The van der Waals surface area contributed by atoms with Crippen LogP contribution in [0.5, 0.6) is 0 Å². The summed E-state index contributed by atoms with van der Waals surface area (Å²) in [6.45, 7) is 4.94. The van der Waals surface area contributed by atoms with E-state index in [1.807, 2.05) is 13.8 Å². The van der Waals surface area contributed by atoms with E-state index in [-0.39, 0.29) is 30.1 Å². The number of hydrogen-bond acceptors (Lipinski definition) is 7. The molecule has 0 bridgehead atoms. The SMILES string of the molecule is CCC(=O)OCOC(=O)[C@@H]1N2C(=O)[C@@H](N)[C@H]2SC1(C)C.Cl. The van der Waals surface area contributed by atoms with Crippen molar-refractivity contribution in [1.29, 1.82) is 0 Å². The summed E-state index contributed by atoms with van der Waals surface area (Å²) in [5.74, 6) is -1.27. The number of thioether (sulfide) groups is 1. The number of esters is 2. The van der Waals surface area contributed by atoms with Gasteiger partial charge < -0.3 is 20.1 Å². The van der Waals surface area contributed by atoms with E-state index in [9.17, 15) is 14.4 Å². The first-order chi connectivity index (χ1) is 9.29. The maximum atomic E-state index is 12.1. The summed E-state index contributed by atoms with van der Waals surface area (Å²) in [6.07, 6.45) is 0.212. The smallest absolute Gasteiger partial charge is 0.333 e. The lowest BCUT2D eigenvalue weighted by Gasteiger charge is -2.41. The Morgan fingerprint density at radius 3 is 2.57 bits per heavy atom. The molecule has 0 spiro atoms. The van der Waals surface area contributed by atoms with E-state index in [2.05, 4.69) is 0 Å². The molecule has 2 rings (SSSR count). The first-order valence-corrected chi connectivity index (χ1v) is 7.25. The molecule has 2 saturated heterocycles. The van der Waals surface area contributed by atoms with Crippen molar-refractivity contribution in [3.8, 4) is 0 Å². The Bertz CT molecular complexity index is 459. The Balaban J connectivity index is 0.00000220. The second-order valence-electron chi connectivity index (χ2n) is 5.24. The highest BCUT2D eigenvalue weighted by Crippen LogP contribution is 2.50. The Hall–Kier alpha value is -0.990. The third-order valence-electron chi connectivity index (χ3n) is 3.42. The van der Waals surface area contributed by atoms with Crippen molar-refractivity contribution in [2.24, 2.45) is 5.73 Å². The minimum absolute atomic E-state index is 0. The highest BCUT2D eigenvalue weighted by molar-refractivity contribution is 8.01. The first-order valence-electron chi connectivity index (χ1n) is 6.37. The van der Waals surface area contributed by atoms with Crippen LogP contribution in [0, 0.1) is 0 Å². The van der Waals surface area contributed by atoms with Crippen molar-refractivity contribution in [2.45, 2.75) is 49.4 Å². The Kier molecular flexibility index (Phi) is 5.51. The number of halogens is 1. The average molecular weight is 339 g/mol. The van der Waals surface area contributed by atoms with Crippen molar-refractivity contribution in [1.82, 2.24) is 4.90 Å². The Morgan fingerprint density at radius 1 is 1.38 bits per heavy atom. The molecule has 1 amide bonds. The van der Waals surface area contributed by atoms with Gasteiger partial charge in [0, 0.05) is 11.2 Å². The predicted octanol–water partition coefficient (Wildman–Crippen LogP) is 0.252. The van der Waals surface area contributed by atoms with Crippen LogP contribution in [-0.4, -0.2) is 51.7 Å². The molecule has 0 aromatic carbocycles. The minimum Gasteiger partial charge on any atom is -0.428 e. The lowest BCUT2D eigenvalue weighted by Crippen LogP contribution is -2.68. The molecule has 2 aliphatic rings. The number of β-lactam (4-membered cyclic amide) rings is 1. The maximum Gasteiger partial charge on any atom is 0.333 e. The molecule has 0 radical (unpaired) electrons. The fourth-order valence-corrected chi connectivity index (χ4v) is 3.92. The van der Waals surface area contributed by atoms with Gasteiger partial charge in [0.15, 0.2) is 0 Å². The van der Waals surface area contributed by atoms with Crippen LogP contribution in [0.3, 0.4) is 0 Å². The molecule has 7 nitrogen and oxygen atoms in total. The van der Waals surface area contributed by atoms with Gasteiger partial charge in [-0.25, -0.2) is 4.79 Å².